The fourth-order valence-corrected chi connectivity index (χ4v) is 7.35. The maximum atomic E-state index is 11.9. The van der Waals surface area contributed by atoms with E-state index in [0.29, 0.717) is 17.6 Å². The molecule has 0 aromatic carbocycles. The SMILES string of the molecule is C[C@@H]1C[C@H]2CC(=O)CC[C@@H]2[C@H]2CC[C@@]3(C)[C@@H](CC[C@]3(C)O)[C@@H]21. The monoisotopic (exact) mass is 304 g/mol. The Hall–Kier alpha value is -0.370. The van der Waals surface area contributed by atoms with E-state index in [1.54, 1.807) is 0 Å². The van der Waals surface area contributed by atoms with Gasteiger partial charge in [-0.3, -0.25) is 4.79 Å². The predicted molar refractivity (Wildman–Crippen MR) is 87.3 cm³/mol. The number of carbonyl (C=O) groups excluding carboxylic acids is 1. The first-order valence-corrected chi connectivity index (χ1v) is 9.57. The minimum atomic E-state index is -0.470. The molecule has 0 amide bonds. The first-order chi connectivity index (χ1) is 10.3. The van der Waals surface area contributed by atoms with Crippen molar-refractivity contribution in [1.29, 1.82) is 0 Å². The Balaban J connectivity index is 1.64. The molecule has 0 aromatic rings. The molecule has 0 unspecified atom stereocenters. The molecule has 4 rings (SSSR count). The zero-order valence-corrected chi connectivity index (χ0v) is 14.5. The van der Waals surface area contributed by atoms with Crippen molar-refractivity contribution in [3.05, 3.63) is 0 Å². The Kier molecular flexibility index (Phi) is 3.32. The molecular formula is C20H32O2. The van der Waals surface area contributed by atoms with Gasteiger partial charge in [-0.1, -0.05) is 13.8 Å². The van der Waals surface area contributed by atoms with Gasteiger partial charge in [0.2, 0.25) is 0 Å². The van der Waals surface area contributed by atoms with E-state index >= 15 is 0 Å². The zero-order chi connectivity index (χ0) is 15.7. The second-order valence-corrected chi connectivity index (χ2v) is 9.53. The third kappa shape index (κ3) is 1.92. The van der Waals surface area contributed by atoms with Gasteiger partial charge in [-0.25, -0.2) is 0 Å². The van der Waals surface area contributed by atoms with Crippen LogP contribution in [0.4, 0.5) is 0 Å². The van der Waals surface area contributed by atoms with E-state index in [4.69, 9.17) is 0 Å². The number of fused-ring (bicyclic) bond motifs is 5. The Morgan fingerprint density at radius 3 is 2.64 bits per heavy atom. The van der Waals surface area contributed by atoms with E-state index in [-0.39, 0.29) is 5.41 Å². The molecule has 0 heterocycles. The van der Waals surface area contributed by atoms with E-state index < -0.39 is 5.60 Å². The van der Waals surface area contributed by atoms with Crippen molar-refractivity contribution in [3.63, 3.8) is 0 Å². The minimum absolute atomic E-state index is 0.125. The van der Waals surface area contributed by atoms with Crippen molar-refractivity contribution < 1.29 is 9.90 Å². The largest absolute Gasteiger partial charge is 0.390 e. The van der Waals surface area contributed by atoms with Crippen LogP contribution in [-0.4, -0.2) is 16.5 Å². The topological polar surface area (TPSA) is 37.3 Å². The molecule has 0 bridgehead atoms. The summed E-state index contributed by atoms with van der Waals surface area (Å²) >= 11 is 0. The fourth-order valence-electron chi connectivity index (χ4n) is 7.35. The lowest BCUT2D eigenvalue weighted by molar-refractivity contribution is -0.143. The summed E-state index contributed by atoms with van der Waals surface area (Å²) in [4.78, 5) is 11.9. The van der Waals surface area contributed by atoms with Crippen LogP contribution in [0.5, 0.6) is 0 Å². The molecule has 0 radical (unpaired) electrons. The van der Waals surface area contributed by atoms with Gasteiger partial charge in [0.1, 0.15) is 5.78 Å². The van der Waals surface area contributed by atoms with Crippen LogP contribution in [0.1, 0.15) is 72.1 Å². The van der Waals surface area contributed by atoms with Gasteiger partial charge in [0.25, 0.3) is 0 Å². The summed E-state index contributed by atoms with van der Waals surface area (Å²) in [6.07, 6.45) is 8.77. The highest BCUT2D eigenvalue weighted by Gasteiger charge is 2.62. The van der Waals surface area contributed by atoms with Gasteiger partial charge in [0.05, 0.1) is 5.60 Å². The molecule has 0 saturated heterocycles. The first kappa shape index (κ1) is 15.2. The van der Waals surface area contributed by atoms with Crippen molar-refractivity contribution in [2.24, 2.45) is 40.9 Å². The van der Waals surface area contributed by atoms with E-state index in [2.05, 4.69) is 20.8 Å². The Morgan fingerprint density at radius 1 is 1.09 bits per heavy atom. The van der Waals surface area contributed by atoms with Gasteiger partial charge >= 0.3 is 0 Å². The van der Waals surface area contributed by atoms with Crippen LogP contribution in [0.25, 0.3) is 0 Å². The maximum absolute atomic E-state index is 11.9. The van der Waals surface area contributed by atoms with E-state index in [0.717, 1.165) is 49.4 Å². The molecule has 0 aliphatic heterocycles. The molecular weight excluding hydrogens is 272 g/mol. The number of carbonyl (C=O) groups is 1. The lowest BCUT2D eigenvalue weighted by atomic mass is 9.47. The lowest BCUT2D eigenvalue weighted by Crippen LogP contribution is -2.54. The summed E-state index contributed by atoms with van der Waals surface area (Å²) in [5.41, 5.74) is -0.346. The molecule has 1 N–H and O–H groups in total. The Morgan fingerprint density at radius 2 is 1.86 bits per heavy atom. The average Bonchev–Trinajstić information content (AvgIpc) is 2.69. The van der Waals surface area contributed by atoms with Crippen LogP contribution in [0, 0.1) is 40.9 Å². The second kappa shape index (κ2) is 4.82. The lowest BCUT2D eigenvalue weighted by Gasteiger charge is -2.58. The third-order valence-electron chi connectivity index (χ3n) is 8.68. The molecule has 0 spiro atoms. The molecule has 22 heavy (non-hydrogen) atoms. The predicted octanol–water partition coefficient (Wildman–Crippen LogP) is 4.21. The molecule has 124 valence electrons. The van der Waals surface area contributed by atoms with Gasteiger partial charge in [0.15, 0.2) is 0 Å². The van der Waals surface area contributed by atoms with Gasteiger partial charge in [-0.15, -0.1) is 0 Å². The fraction of sp³-hybridized carbons (Fsp3) is 0.950. The molecule has 4 aliphatic carbocycles. The molecule has 2 nitrogen and oxygen atoms in total. The number of Topliss-reactive ketones (excluding diaryl/α,β-unsaturated/α-hetero) is 1. The van der Waals surface area contributed by atoms with Crippen LogP contribution in [0.2, 0.25) is 0 Å². The van der Waals surface area contributed by atoms with Crippen LogP contribution in [-0.2, 0) is 4.79 Å². The maximum Gasteiger partial charge on any atom is 0.133 e. The molecule has 0 aromatic heterocycles. The van der Waals surface area contributed by atoms with Crippen molar-refractivity contribution >= 4 is 5.78 Å². The average molecular weight is 304 g/mol. The highest BCUT2D eigenvalue weighted by atomic mass is 16.3. The molecule has 4 aliphatic rings. The second-order valence-electron chi connectivity index (χ2n) is 9.53. The summed E-state index contributed by atoms with van der Waals surface area (Å²) in [5, 5.41) is 10.9. The Bertz CT molecular complexity index is 482. The van der Waals surface area contributed by atoms with Crippen LogP contribution >= 0.6 is 0 Å². The standard InChI is InChI=1S/C20H32O2/c1-12-10-13-11-14(21)4-5-15(13)16-6-8-19(2)17(18(12)16)7-9-20(19,3)22/h12-13,15-18,22H,4-11H2,1-3H3/t12-,13+,15+,16-,17+,18-,19+,20+/m1/s1. The number of hydrogen-bond donors (Lipinski definition) is 1. The molecule has 4 fully saturated rings. The van der Waals surface area contributed by atoms with E-state index in [1.807, 2.05) is 0 Å². The highest BCUT2D eigenvalue weighted by molar-refractivity contribution is 5.79. The molecule has 8 atom stereocenters. The number of aliphatic hydroxyl groups is 1. The summed E-state index contributed by atoms with van der Waals surface area (Å²) in [6, 6.07) is 0. The van der Waals surface area contributed by atoms with Crippen LogP contribution < -0.4 is 0 Å². The van der Waals surface area contributed by atoms with Gasteiger partial charge in [0, 0.05) is 12.8 Å². The highest BCUT2D eigenvalue weighted by Crippen LogP contribution is 2.66. The summed E-state index contributed by atoms with van der Waals surface area (Å²) in [6.45, 7) is 6.89. The number of ketones is 1. The normalized spacial score (nSPS) is 57.9. The van der Waals surface area contributed by atoms with E-state index in [1.165, 1.54) is 25.7 Å². The van der Waals surface area contributed by atoms with Crippen molar-refractivity contribution in [2.45, 2.75) is 77.7 Å². The number of rotatable bonds is 0. The molecule has 2 heteroatoms. The van der Waals surface area contributed by atoms with Gasteiger partial charge in [-0.05, 0) is 86.4 Å². The summed E-state index contributed by atoms with van der Waals surface area (Å²) in [5.74, 6) is 5.04. The third-order valence-corrected chi connectivity index (χ3v) is 8.68. The van der Waals surface area contributed by atoms with Crippen molar-refractivity contribution in [2.75, 3.05) is 0 Å². The van der Waals surface area contributed by atoms with Gasteiger partial charge < -0.3 is 5.11 Å². The first-order valence-electron chi connectivity index (χ1n) is 9.57. The minimum Gasteiger partial charge on any atom is -0.390 e. The summed E-state index contributed by atoms with van der Waals surface area (Å²) in [7, 11) is 0. The molecule has 4 saturated carbocycles. The number of hydrogen-bond acceptors (Lipinski definition) is 2. The van der Waals surface area contributed by atoms with E-state index in [9.17, 15) is 9.90 Å². The smallest absolute Gasteiger partial charge is 0.133 e. The zero-order valence-electron chi connectivity index (χ0n) is 14.5. The van der Waals surface area contributed by atoms with Gasteiger partial charge in [-0.2, -0.15) is 0 Å². The van der Waals surface area contributed by atoms with Crippen LogP contribution in [0.15, 0.2) is 0 Å². The van der Waals surface area contributed by atoms with Crippen molar-refractivity contribution in [1.82, 2.24) is 0 Å². The summed E-state index contributed by atoms with van der Waals surface area (Å²) < 4.78 is 0. The van der Waals surface area contributed by atoms with Crippen molar-refractivity contribution in [3.8, 4) is 0 Å². The Labute approximate surface area is 135 Å². The quantitative estimate of drug-likeness (QED) is 0.728. The van der Waals surface area contributed by atoms with Crippen LogP contribution in [0.3, 0.4) is 0 Å².